The predicted molar refractivity (Wildman–Crippen MR) is 48.8 cm³/mol. The second kappa shape index (κ2) is 7.10. The van der Waals surface area contributed by atoms with Crippen molar-refractivity contribution in [3.63, 3.8) is 0 Å². The van der Waals surface area contributed by atoms with Crippen LogP contribution in [-0.2, 0) is 4.79 Å². The third-order valence-corrected chi connectivity index (χ3v) is 1.78. The Bertz CT molecular complexity index is 120. The molecule has 0 radical (unpaired) electrons. The van der Waals surface area contributed by atoms with Gasteiger partial charge in [-0.2, -0.15) is 0 Å². The normalized spacial score (nSPS) is 10.3. The highest BCUT2D eigenvalue weighted by Gasteiger charge is 2.08. The van der Waals surface area contributed by atoms with E-state index in [1.54, 1.807) is 0 Å². The summed E-state index contributed by atoms with van der Waals surface area (Å²) in [7, 11) is 0. The molecule has 0 rings (SSSR count). The Kier molecular flexibility index (Phi) is 6.76. The van der Waals surface area contributed by atoms with Gasteiger partial charge in [0.25, 0.3) is 0 Å². The zero-order valence-electron chi connectivity index (χ0n) is 7.97. The molecule has 0 saturated carbocycles. The van der Waals surface area contributed by atoms with Gasteiger partial charge in [0.1, 0.15) is 6.61 Å². The Morgan fingerprint density at radius 3 is 2.17 bits per heavy atom. The smallest absolute Gasteiger partial charge is 0.245 e. The average Bonchev–Trinajstić information content (AvgIpc) is 2.05. The third kappa shape index (κ3) is 5.13. The fourth-order valence-corrected chi connectivity index (χ4v) is 1.26. The SMILES string of the molecule is CCCC(CCC)NC(=O)CO. The summed E-state index contributed by atoms with van der Waals surface area (Å²) in [5.74, 6) is -0.262. The van der Waals surface area contributed by atoms with Gasteiger partial charge >= 0.3 is 0 Å². The molecule has 0 aromatic rings. The molecule has 0 aliphatic carbocycles. The van der Waals surface area contributed by atoms with Crippen LogP contribution in [0.25, 0.3) is 0 Å². The number of amides is 1. The second-order valence-corrected chi connectivity index (χ2v) is 3.00. The molecular formula is C9H19NO2. The topological polar surface area (TPSA) is 49.3 Å². The Morgan fingerprint density at radius 2 is 1.83 bits per heavy atom. The first-order valence-electron chi connectivity index (χ1n) is 4.64. The molecule has 0 heterocycles. The summed E-state index contributed by atoms with van der Waals surface area (Å²) in [5, 5.41) is 11.3. The minimum atomic E-state index is -0.399. The third-order valence-electron chi connectivity index (χ3n) is 1.78. The lowest BCUT2D eigenvalue weighted by Crippen LogP contribution is -2.36. The average molecular weight is 173 g/mol. The molecule has 0 aliphatic heterocycles. The van der Waals surface area contributed by atoms with Crippen LogP contribution in [0.3, 0.4) is 0 Å². The molecule has 3 nitrogen and oxygen atoms in total. The molecule has 0 aliphatic rings. The summed E-state index contributed by atoms with van der Waals surface area (Å²) in [6, 6.07) is 0.250. The molecule has 0 atom stereocenters. The monoisotopic (exact) mass is 173 g/mol. The van der Waals surface area contributed by atoms with Gasteiger partial charge in [0.2, 0.25) is 5.91 Å². The number of rotatable bonds is 6. The van der Waals surface area contributed by atoms with Crippen LogP contribution in [0.15, 0.2) is 0 Å². The minimum Gasteiger partial charge on any atom is -0.387 e. The van der Waals surface area contributed by atoms with Crippen LogP contribution in [0.5, 0.6) is 0 Å². The van der Waals surface area contributed by atoms with Crippen molar-refractivity contribution >= 4 is 5.91 Å². The first kappa shape index (κ1) is 11.4. The van der Waals surface area contributed by atoms with E-state index in [2.05, 4.69) is 19.2 Å². The number of hydrogen-bond acceptors (Lipinski definition) is 2. The summed E-state index contributed by atoms with van der Waals surface area (Å²) < 4.78 is 0. The van der Waals surface area contributed by atoms with Gasteiger partial charge in [0.05, 0.1) is 0 Å². The van der Waals surface area contributed by atoms with Gasteiger partial charge < -0.3 is 10.4 Å². The van der Waals surface area contributed by atoms with Gasteiger partial charge in [-0.1, -0.05) is 26.7 Å². The maximum Gasteiger partial charge on any atom is 0.245 e. The van der Waals surface area contributed by atoms with Crippen LogP contribution in [0.1, 0.15) is 39.5 Å². The maximum atomic E-state index is 10.8. The van der Waals surface area contributed by atoms with Gasteiger partial charge in [-0.05, 0) is 12.8 Å². The van der Waals surface area contributed by atoms with Crippen molar-refractivity contribution < 1.29 is 9.90 Å². The lowest BCUT2D eigenvalue weighted by atomic mass is 10.1. The van der Waals surface area contributed by atoms with Crippen molar-refractivity contribution in [1.82, 2.24) is 5.32 Å². The van der Waals surface area contributed by atoms with Crippen molar-refractivity contribution in [3.8, 4) is 0 Å². The van der Waals surface area contributed by atoms with E-state index < -0.39 is 6.61 Å². The highest BCUT2D eigenvalue weighted by Crippen LogP contribution is 2.03. The number of aliphatic hydroxyl groups is 1. The number of nitrogens with one attached hydrogen (secondary N) is 1. The molecule has 3 heteroatoms. The molecule has 0 aromatic carbocycles. The van der Waals surface area contributed by atoms with E-state index in [4.69, 9.17) is 5.11 Å². The number of hydrogen-bond donors (Lipinski definition) is 2. The van der Waals surface area contributed by atoms with Crippen molar-refractivity contribution in [2.75, 3.05) is 6.61 Å². The van der Waals surface area contributed by atoms with Crippen LogP contribution in [0.4, 0.5) is 0 Å². The van der Waals surface area contributed by atoms with Crippen molar-refractivity contribution in [1.29, 1.82) is 0 Å². The number of carbonyl (C=O) groups is 1. The molecule has 72 valence electrons. The Hall–Kier alpha value is -0.570. The maximum absolute atomic E-state index is 10.8. The minimum absolute atomic E-state index is 0.250. The van der Waals surface area contributed by atoms with Crippen LogP contribution in [0.2, 0.25) is 0 Å². The molecular weight excluding hydrogens is 154 g/mol. The zero-order valence-corrected chi connectivity index (χ0v) is 7.97. The first-order valence-corrected chi connectivity index (χ1v) is 4.64. The quantitative estimate of drug-likeness (QED) is 0.631. The van der Waals surface area contributed by atoms with E-state index in [0.717, 1.165) is 25.7 Å². The molecule has 0 fully saturated rings. The summed E-state index contributed by atoms with van der Waals surface area (Å²) >= 11 is 0. The standard InChI is InChI=1S/C9H19NO2/c1-3-5-8(6-4-2)10-9(12)7-11/h8,11H,3-7H2,1-2H3,(H,10,12). The lowest BCUT2D eigenvalue weighted by Gasteiger charge is -2.16. The summed E-state index contributed by atoms with van der Waals surface area (Å²) in [4.78, 5) is 10.8. The fourth-order valence-electron chi connectivity index (χ4n) is 1.26. The van der Waals surface area contributed by atoms with Crippen LogP contribution < -0.4 is 5.32 Å². The summed E-state index contributed by atoms with van der Waals surface area (Å²) in [6.07, 6.45) is 4.13. The molecule has 0 spiro atoms. The summed E-state index contributed by atoms with van der Waals surface area (Å²) in [5.41, 5.74) is 0. The van der Waals surface area contributed by atoms with Gasteiger partial charge in [-0.3, -0.25) is 4.79 Å². The van der Waals surface area contributed by atoms with Crippen LogP contribution in [-0.4, -0.2) is 23.7 Å². The predicted octanol–water partition coefficient (Wildman–Crippen LogP) is 1.06. The van der Waals surface area contributed by atoms with Crippen molar-refractivity contribution in [3.05, 3.63) is 0 Å². The molecule has 0 aromatic heterocycles. The van der Waals surface area contributed by atoms with E-state index in [1.165, 1.54) is 0 Å². The van der Waals surface area contributed by atoms with Gasteiger partial charge in [-0.15, -0.1) is 0 Å². The zero-order chi connectivity index (χ0) is 9.40. The number of aliphatic hydroxyl groups excluding tert-OH is 1. The van der Waals surface area contributed by atoms with E-state index >= 15 is 0 Å². The van der Waals surface area contributed by atoms with Crippen LogP contribution in [0, 0.1) is 0 Å². The van der Waals surface area contributed by atoms with E-state index in [9.17, 15) is 4.79 Å². The molecule has 0 unspecified atom stereocenters. The Labute approximate surface area is 74.2 Å². The second-order valence-electron chi connectivity index (χ2n) is 3.00. The molecule has 2 N–H and O–H groups in total. The Morgan fingerprint density at radius 1 is 1.33 bits per heavy atom. The van der Waals surface area contributed by atoms with E-state index in [-0.39, 0.29) is 11.9 Å². The van der Waals surface area contributed by atoms with Gasteiger partial charge in [-0.25, -0.2) is 0 Å². The van der Waals surface area contributed by atoms with Crippen LogP contribution >= 0.6 is 0 Å². The molecule has 1 amide bonds. The van der Waals surface area contributed by atoms with E-state index in [1.807, 2.05) is 0 Å². The largest absolute Gasteiger partial charge is 0.387 e. The lowest BCUT2D eigenvalue weighted by molar-refractivity contribution is -0.124. The van der Waals surface area contributed by atoms with Crippen molar-refractivity contribution in [2.45, 2.75) is 45.6 Å². The fraction of sp³-hybridized carbons (Fsp3) is 0.889. The number of carbonyl (C=O) groups excluding carboxylic acids is 1. The Balaban J connectivity index is 3.68. The van der Waals surface area contributed by atoms with E-state index in [0.29, 0.717) is 0 Å². The first-order chi connectivity index (χ1) is 5.74. The highest BCUT2D eigenvalue weighted by molar-refractivity contribution is 5.77. The molecule has 0 saturated heterocycles. The molecule has 0 bridgehead atoms. The van der Waals surface area contributed by atoms with Gasteiger partial charge in [0.15, 0.2) is 0 Å². The molecule has 12 heavy (non-hydrogen) atoms. The van der Waals surface area contributed by atoms with Crippen molar-refractivity contribution in [2.24, 2.45) is 0 Å². The highest BCUT2D eigenvalue weighted by atomic mass is 16.3. The van der Waals surface area contributed by atoms with Gasteiger partial charge in [0, 0.05) is 6.04 Å². The summed E-state index contributed by atoms with van der Waals surface area (Å²) in [6.45, 7) is 3.78.